The van der Waals surface area contributed by atoms with Crippen LogP contribution in [0.2, 0.25) is 10.0 Å². The molecule has 1 atom stereocenters. The number of benzene rings is 2. The quantitative estimate of drug-likeness (QED) is 0.698. The molecule has 1 nitrogen and oxygen atoms in total. The zero-order valence-electron chi connectivity index (χ0n) is 10.1. The Balaban J connectivity index is 2.17. The molecular weight excluding hydrogens is 352 g/mol. The molecule has 0 aliphatic carbocycles. The summed E-state index contributed by atoms with van der Waals surface area (Å²) in [5, 5.41) is 4.05. The summed E-state index contributed by atoms with van der Waals surface area (Å²) in [6.07, 6.45) is 0. The summed E-state index contributed by atoms with van der Waals surface area (Å²) in [6, 6.07) is 10.3. The van der Waals surface area contributed by atoms with E-state index in [-0.39, 0.29) is 11.1 Å². The van der Waals surface area contributed by atoms with E-state index in [0.717, 1.165) is 15.7 Å². The van der Waals surface area contributed by atoms with Crippen LogP contribution < -0.4 is 5.32 Å². The van der Waals surface area contributed by atoms with Crippen molar-refractivity contribution < 1.29 is 4.39 Å². The van der Waals surface area contributed by atoms with E-state index in [2.05, 4.69) is 21.2 Å². The molecule has 0 fully saturated rings. The fourth-order valence-corrected chi connectivity index (χ4v) is 2.32. The first-order chi connectivity index (χ1) is 8.97. The lowest BCUT2D eigenvalue weighted by Crippen LogP contribution is -2.06. The smallest absolute Gasteiger partial charge is 0.141 e. The topological polar surface area (TPSA) is 12.0 Å². The lowest BCUT2D eigenvalue weighted by molar-refractivity contribution is 0.627. The summed E-state index contributed by atoms with van der Waals surface area (Å²) >= 11 is 15.1. The van der Waals surface area contributed by atoms with Crippen molar-refractivity contribution in [1.82, 2.24) is 0 Å². The van der Waals surface area contributed by atoms with Crippen LogP contribution in [0, 0.1) is 5.82 Å². The highest BCUT2D eigenvalue weighted by atomic mass is 79.9. The van der Waals surface area contributed by atoms with E-state index in [0.29, 0.717) is 5.02 Å². The first-order valence-electron chi connectivity index (χ1n) is 5.64. The summed E-state index contributed by atoms with van der Waals surface area (Å²) in [4.78, 5) is 0. The fraction of sp³-hybridized carbons (Fsp3) is 0.143. The zero-order valence-corrected chi connectivity index (χ0v) is 13.2. The second kappa shape index (κ2) is 6.12. The Kier molecular flexibility index (Phi) is 4.71. The van der Waals surface area contributed by atoms with Crippen molar-refractivity contribution in [3.63, 3.8) is 0 Å². The lowest BCUT2D eigenvalue weighted by atomic mass is 10.1. The molecule has 19 heavy (non-hydrogen) atoms. The highest BCUT2D eigenvalue weighted by molar-refractivity contribution is 9.10. The molecule has 0 aromatic heterocycles. The Labute approximate surface area is 129 Å². The number of rotatable bonds is 3. The van der Waals surface area contributed by atoms with Crippen molar-refractivity contribution in [3.8, 4) is 0 Å². The summed E-state index contributed by atoms with van der Waals surface area (Å²) in [6.45, 7) is 1.97. The molecule has 1 N–H and O–H groups in total. The molecule has 0 amide bonds. The third-order valence-corrected chi connectivity index (χ3v) is 4.27. The van der Waals surface area contributed by atoms with Crippen LogP contribution in [-0.4, -0.2) is 0 Å². The normalized spacial score (nSPS) is 12.3. The molecule has 0 aliphatic rings. The number of hydrogen-bond donors (Lipinski definition) is 1. The van der Waals surface area contributed by atoms with E-state index >= 15 is 0 Å². The third kappa shape index (κ3) is 3.62. The summed E-state index contributed by atoms with van der Waals surface area (Å²) in [5.74, 6) is -0.413. The molecule has 1 unspecified atom stereocenters. The van der Waals surface area contributed by atoms with Crippen LogP contribution in [0.25, 0.3) is 0 Å². The van der Waals surface area contributed by atoms with Gasteiger partial charge in [0.2, 0.25) is 0 Å². The van der Waals surface area contributed by atoms with Crippen LogP contribution >= 0.6 is 39.1 Å². The molecule has 0 spiro atoms. The van der Waals surface area contributed by atoms with Crippen molar-refractivity contribution in [1.29, 1.82) is 0 Å². The van der Waals surface area contributed by atoms with Crippen LogP contribution in [0.5, 0.6) is 0 Å². The molecule has 2 aromatic carbocycles. The average molecular weight is 363 g/mol. The molecule has 100 valence electrons. The minimum Gasteiger partial charge on any atom is -0.378 e. The van der Waals surface area contributed by atoms with Gasteiger partial charge in [0.25, 0.3) is 0 Å². The van der Waals surface area contributed by atoms with Gasteiger partial charge in [-0.2, -0.15) is 0 Å². The molecule has 0 heterocycles. The van der Waals surface area contributed by atoms with Crippen LogP contribution in [0.3, 0.4) is 0 Å². The summed E-state index contributed by atoms with van der Waals surface area (Å²) in [5.41, 5.74) is 1.80. The monoisotopic (exact) mass is 361 g/mol. The van der Waals surface area contributed by atoms with Crippen molar-refractivity contribution in [2.24, 2.45) is 0 Å². The third-order valence-electron chi connectivity index (χ3n) is 2.75. The van der Waals surface area contributed by atoms with Gasteiger partial charge in [-0.1, -0.05) is 29.3 Å². The first-order valence-corrected chi connectivity index (χ1v) is 7.19. The van der Waals surface area contributed by atoms with E-state index in [9.17, 15) is 4.39 Å². The van der Waals surface area contributed by atoms with E-state index in [1.807, 2.05) is 25.1 Å². The minimum absolute atomic E-state index is 0.00431. The Morgan fingerprint density at radius 1 is 1.11 bits per heavy atom. The van der Waals surface area contributed by atoms with Crippen LogP contribution in [0.1, 0.15) is 18.5 Å². The van der Waals surface area contributed by atoms with Gasteiger partial charge in [0, 0.05) is 16.2 Å². The molecule has 2 aromatic rings. The molecule has 2 rings (SSSR count). The molecule has 0 saturated carbocycles. The Morgan fingerprint density at radius 2 is 1.84 bits per heavy atom. The predicted molar refractivity (Wildman–Crippen MR) is 82.6 cm³/mol. The Bertz CT molecular complexity index is 604. The number of anilines is 1. The maximum atomic E-state index is 13.1. The first kappa shape index (κ1) is 14.6. The predicted octanol–water partition coefficient (Wildman–Crippen LogP) is 6.07. The largest absolute Gasteiger partial charge is 0.378 e. The van der Waals surface area contributed by atoms with Crippen molar-refractivity contribution in [2.75, 3.05) is 5.32 Å². The van der Waals surface area contributed by atoms with Gasteiger partial charge in [0.05, 0.1) is 10.0 Å². The average Bonchev–Trinajstić information content (AvgIpc) is 2.37. The second-order valence-electron chi connectivity index (χ2n) is 4.17. The minimum atomic E-state index is -0.413. The van der Waals surface area contributed by atoms with Gasteiger partial charge in [-0.05, 0) is 58.7 Å². The summed E-state index contributed by atoms with van der Waals surface area (Å²) < 4.78 is 14.0. The molecule has 0 radical (unpaired) electrons. The molecular formula is C14H11BrCl2FN. The van der Waals surface area contributed by atoms with Gasteiger partial charge >= 0.3 is 0 Å². The molecule has 5 heteroatoms. The van der Waals surface area contributed by atoms with Gasteiger partial charge < -0.3 is 5.32 Å². The van der Waals surface area contributed by atoms with Gasteiger partial charge in [-0.3, -0.25) is 0 Å². The van der Waals surface area contributed by atoms with Crippen molar-refractivity contribution in [3.05, 3.63) is 62.3 Å². The zero-order chi connectivity index (χ0) is 14.0. The van der Waals surface area contributed by atoms with Crippen LogP contribution in [0.15, 0.2) is 40.9 Å². The van der Waals surface area contributed by atoms with E-state index in [1.54, 1.807) is 12.1 Å². The van der Waals surface area contributed by atoms with Gasteiger partial charge in [-0.25, -0.2) is 4.39 Å². The lowest BCUT2D eigenvalue weighted by Gasteiger charge is -2.16. The van der Waals surface area contributed by atoms with Crippen LogP contribution in [0.4, 0.5) is 10.1 Å². The van der Waals surface area contributed by atoms with E-state index in [1.165, 1.54) is 6.07 Å². The highest BCUT2D eigenvalue weighted by Gasteiger charge is 2.09. The highest BCUT2D eigenvalue weighted by Crippen LogP contribution is 2.28. The van der Waals surface area contributed by atoms with Crippen molar-refractivity contribution >= 4 is 44.8 Å². The Morgan fingerprint density at radius 3 is 2.47 bits per heavy atom. The number of halogens is 4. The van der Waals surface area contributed by atoms with E-state index in [4.69, 9.17) is 23.2 Å². The molecule has 0 aliphatic heterocycles. The molecule has 0 bridgehead atoms. The second-order valence-corrected chi connectivity index (χ2v) is 5.84. The van der Waals surface area contributed by atoms with Crippen molar-refractivity contribution in [2.45, 2.75) is 13.0 Å². The van der Waals surface area contributed by atoms with Gasteiger partial charge in [0.1, 0.15) is 5.82 Å². The summed E-state index contributed by atoms with van der Waals surface area (Å²) in [7, 11) is 0. The Hall–Kier alpha value is -0.770. The van der Waals surface area contributed by atoms with Crippen LogP contribution in [-0.2, 0) is 0 Å². The van der Waals surface area contributed by atoms with Gasteiger partial charge in [0.15, 0.2) is 0 Å². The van der Waals surface area contributed by atoms with Gasteiger partial charge in [-0.15, -0.1) is 0 Å². The number of hydrogen-bond acceptors (Lipinski definition) is 1. The number of nitrogens with one attached hydrogen (secondary N) is 1. The standard InChI is InChI=1S/C14H11BrCl2FN/c1-8(9-2-5-14(18)13(17)6-9)19-10-3-4-11(15)12(16)7-10/h2-8,19H,1H3. The maximum Gasteiger partial charge on any atom is 0.141 e. The molecule has 0 saturated heterocycles. The SMILES string of the molecule is CC(Nc1ccc(Br)c(Cl)c1)c1ccc(F)c(Cl)c1. The van der Waals surface area contributed by atoms with E-state index < -0.39 is 5.82 Å². The maximum absolute atomic E-state index is 13.1. The fourth-order valence-electron chi connectivity index (χ4n) is 1.70.